The highest BCUT2D eigenvalue weighted by Crippen LogP contribution is 2.32. The van der Waals surface area contributed by atoms with Crippen LogP contribution >= 0.6 is 15.9 Å². The maximum absolute atomic E-state index is 12.9. The fourth-order valence-corrected chi connectivity index (χ4v) is 5.31. The van der Waals surface area contributed by atoms with Gasteiger partial charge in [0.2, 0.25) is 10.0 Å². The van der Waals surface area contributed by atoms with Gasteiger partial charge in [-0.25, -0.2) is 8.42 Å². The maximum atomic E-state index is 12.9. The third-order valence-electron chi connectivity index (χ3n) is 4.29. The van der Waals surface area contributed by atoms with Gasteiger partial charge in [-0.15, -0.1) is 0 Å². The van der Waals surface area contributed by atoms with E-state index in [4.69, 9.17) is 5.73 Å². The predicted octanol–water partition coefficient (Wildman–Crippen LogP) is 3.03. The molecule has 1 heterocycles. The quantitative estimate of drug-likeness (QED) is 0.880. The van der Waals surface area contributed by atoms with Gasteiger partial charge in [0.25, 0.3) is 0 Å². The molecule has 0 radical (unpaired) electrons. The zero-order valence-electron chi connectivity index (χ0n) is 12.6. The first-order valence-corrected chi connectivity index (χ1v) is 9.62. The van der Waals surface area contributed by atoms with E-state index < -0.39 is 10.0 Å². The van der Waals surface area contributed by atoms with Gasteiger partial charge in [-0.3, -0.25) is 0 Å². The second kappa shape index (κ2) is 6.77. The predicted molar refractivity (Wildman–Crippen MR) is 88.5 cm³/mol. The highest BCUT2D eigenvalue weighted by Gasteiger charge is 2.30. The number of nitrogens with two attached hydrogens (primary N) is 1. The van der Waals surface area contributed by atoms with E-state index in [1.54, 1.807) is 10.4 Å². The Balaban J connectivity index is 2.34. The van der Waals surface area contributed by atoms with Crippen molar-refractivity contribution in [1.29, 1.82) is 0 Å². The molecule has 2 rings (SSSR count). The van der Waals surface area contributed by atoms with Gasteiger partial charge in [0.15, 0.2) is 0 Å². The average Bonchev–Trinajstić information content (AvgIpc) is 2.49. The first-order valence-electron chi connectivity index (χ1n) is 7.39. The van der Waals surface area contributed by atoms with Crippen LogP contribution in [0.3, 0.4) is 0 Å². The van der Waals surface area contributed by atoms with Gasteiger partial charge in [0, 0.05) is 24.1 Å². The summed E-state index contributed by atoms with van der Waals surface area (Å²) in [6, 6.07) is 3.62. The fourth-order valence-electron chi connectivity index (χ4n) is 2.81. The topological polar surface area (TPSA) is 63.4 Å². The van der Waals surface area contributed by atoms with Gasteiger partial charge in [0.1, 0.15) is 0 Å². The smallest absolute Gasteiger partial charge is 0.244 e. The zero-order valence-corrected chi connectivity index (χ0v) is 15.0. The van der Waals surface area contributed by atoms with Crippen molar-refractivity contribution in [2.45, 2.75) is 44.6 Å². The molecule has 0 atom stereocenters. The number of hydrogen-bond acceptors (Lipinski definition) is 3. The molecule has 0 saturated carbocycles. The Morgan fingerprint density at radius 3 is 2.48 bits per heavy atom. The number of halogens is 1. The Morgan fingerprint density at radius 2 is 1.95 bits per heavy atom. The van der Waals surface area contributed by atoms with Crippen LogP contribution in [0.15, 0.2) is 21.5 Å². The molecular weight excluding hydrogens is 352 g/mol. The number of nitrogens with zero attached hydrogens (tertiary/aromatic N) is 1. The minimum absolute atomic E-state index is 0.342. The van der Waals surface area contributed by atoms with Crippen LogP contribution in [-0.4, -0.2) is 25.8 Å². The van der Waals surface area contributed by atoms with Gasteiger partial charge in [0.05, 0.1) is 4.90 Å². The molecule has 2 N–H and O–H groups in total. The van der Waals surface area contributed by atoms with Crippen molar-refractivity contribution in [3.63, 3.8) is 0 Å². The number of rotatable bonds is 4. The second-order valence-corrected chi connectivity index (χ2v) is 8.38. The zero-order chi connectivity index (χ0) is 15.6. The molecule has 0 amide bonds. The SMILES string of the molecule is CCC1CCN(S(=O)(=O)c2cc(CN)cc(C)c2Br)CC1. The van der Waals surface area contributed by atoms with Crippen LogP contribution < -0.4 is 5.73 Å². The van der Waals surface area contributed by atoms with E-state index in [1.807, 2.05) is 13.0 Å². The molecule has 0 aliphatic carbocycles. The van der Waals surface area contributed by atoms with E-state index in [0.717, 1.165) is 30.4 Å². The summed E-state index contributed by atoms with van der Waals surface area (Å²) in [5, 5.41) is 0. The van der Waals surface area contributed by atoms with E-state index in [9.17, 15) is 8.42 Å². The number of sulfonamides is 1. The lowest BCUT2D eigenvalue weighted by Crippen LogP contribution is -2.38. The molecule has 118 valence electrons. The van der Waals surface area contributed by atoms with Crippen LogP contribution in [0.1, 0.15) is 37.3 Å². The highest BCUT2D eigenvalue weighted by molar-refractivity contribution is 9.10. The number of piperidine rings is 1. The monoisotopic (exact) mass is 374 g/mol. The third-order valence-corrected chi connectivity index (χ3v) is 7.52. The Kier molecular flexibility index (Phi) is 5.46. The van der Waals surface area contributed by atoms with Crippen LogP contribution in [-0.2, 0) is 16.6 Å². The largest absolute Gasteiger partial charge is 0.326 e. The molecule has 1 saturated heterocycles. The normalized spacial score (nSPS) is 18.1. The van der Waals surface area contributed by atoms with Crippen LogP contribution in [0.25, 0.3) is 0 Å². The molecule has 0 aromatic heterocycles. The molecule has 0 bridgehead atoms. The highest BCUT2D eigenvalue weighted by atomic mass is 79.9. The summed E-state index contributed by atoms with van der Waals surface area (Å²) in [5.41, 5.74) is 7.42. The van der Waals surface area contributed by atoms with E-state index >= 15 is 0 Å². The van der Waals surface area contributed by atoms with Crippen molar-refractivity contribution in [3.8, 4) is 0 Å². The second-order valence-electron chi connectivity index (χ2n) is 5.68. The van der Waals surface area contributed by atoms with Gasteiger partial charge < -0.3 is 5.73 Å². The molecule has 1 aliphatic rings. The summed E-state index contributed by atoms with van der Waals surface area (Å²) < 4.78 is 28.0. The Morgan fingerprint density at radius 1 is 1.33 bits per heavy atom. The lowest BCUT2D eigenvalue weighted by molar-refractivity contribution is 0.269. The first kappa shape index (κ1) is 16.9. The molecule has 1 aromatic carbocycles. The summed E-state index contributed by atoms with van der Waals surface area (Å²) in [4.78, 5) is 0.345. The van der Waals surface area contributed by atoms with Crippen molar-refractivity contribution < 1.29 is 8.42 Å². The molecule has 4 nitrogen and oxygen atoms in total. The minimum Gasteiger partial charge on any atom is -0.326 e. The molecule has 0 spiro atoms. The van der Waals surface area contributed by atoms with Gasteiger partial charge >= 0.3 is 0 Å². The Hall–Kier alpha value is -0.430. The van der Waals surface area contributed by atoms with Crippen LogP contribution in [0.2, 0.25) is 0 Å². The lowest BCUT2D eigenvalue weighted by Gasteiger charge is -2.31. The molecule has 6 heteroatoms. The molecular formula is C15H23BrN2O2S. The van der Waals surface area contributed by atoms with Crippen LogP contribution in [0.4, 0.5) is 0 Å². The van der Waals surface area contributed by atoms with Gasteiger partial charge in [-0.1, -0.05) is 19.4 Å². The molecule has 1 aliphatic heterocycles. The third kappa shape index (κ3) is 3.50. The first-order chi connectivity index (χ1) is 9.90. The minimum atomic E-state index is -3.45. The van der Waals surface area contributed by atoms with Crippen molar-refractivity contribution in [2.24, 2.45) is 11.7 Å². The number of benzene rings is 1. The van der Waals surface area contributed by atoms with Crippen LogP contribution in [0.5, 0.6) is 0 Å². The number of aryl methyl sites for hydroxylation is 1. The molecule has 0 unspecified atom stereocenters. The van der Waals surface area contributed by atoms with Crippen molar-refractivity contribution in [3.05, 3.63) is 27.7 Å². The van der Waals surface area contributed by atoms with E-state index in [0.29, 0.717) is 34.9 Å². The molecule has 1 aromatic rings. The fraction of sp³-hybridized carbons (Fsp3) is 0.600. The molecule has 1 fully saturated rings. The average molecular weight is 375 g/mol. The summed E-state index contributed by atoms with van der Waals surface area (Å²) in [7, 11) is -3.45. The standard InChI is InChI=1S/C15H23BrN2O2S/c1-3-12-4-6-18(7-5-12)21(19,20)14-9-13(10-17)8-11(2)15(14)16/h8-9,12H,3-7,10,17H2,1-2H3. The Bertz CT molecular complexity index is 608. The molecule has 21 heavy (non-hydrogen) atoms. The van der Waals surface area contributed by atoms with Gasteiger partial charge in [-0.2, -0.15) is 4.31 Å². The van der Waals surface area contributed by atoms with Crippen molar-refractivity contribution >= 4 is 26.0 Å². The Labute approximate surface area is 135 Å². The summed E-state index contributed by atoms with van der Waals surface area (Å²) in [6.07, 6.45) is 3.02. The van der Waals surface area contributed by atoms with Gasteiger partial charge in [-0.05, 0) is 58.8 Å². The van der Waals surface area contributed by atoms with E-state index in [1.165, 1.54) is 0 Å². The summed E-state index contributed by atoms with van der Waals surface area (Å²) >= 11 is 3.42. The van der Waals surface area contributed by atoms with Crippen LogP contribution in [0, 0.1) is 12.8 Å². The van der Waals surface area contributed by atoms with Crippen molar-refractivity contribution in [1.82, 2.24) is 4.31 Å². The van der Waals surface area contributed by atoms with E-state index in [-0.39, 0.29) is 0 Å². The van der Waals surface area contributed by atoms with E-state index in [2.05, 4.69) is 22.9 Å². The summed E-state index contributed by atoms with van der Waals surface area (Å²) in [6.45, 7) is 5.62. The van der Waals surface area contributed by atoms with Crippen molar-refractivity contribution in [2.75, 3.05) is 13.1 Å². The number of hydrogen-bond donors (Lipinski definition) is 1. The maximum Gasteiger partial charge on any atom is 0.244 e. The lowest BCUT2D eigenvalue weighted by atomic mass is 9.96. The summed E-state index contributed by atoms with van der Waals surface area (Å²) in [5.74, 6) is 0.650.